The largest absolute Gasteiger partial charge is 0.299 e. The number of hydrogen-bond acceptors (Lipinski definition) is 2. The van der Waals surface area contributed by atoms with Crippen molar-refractivity contribution >= 4 is 11.6 Å². The minimum absolute atomic E-state index is 0.0456. The molecule has 1 aromatic carbocycles. The Bertz CT molecular complexity index is 560. The lowest BCUT2D eigenvalue weighted by Crippen LogP contribution is -2.31. The monoisotopic (exact) mass is 291 g/mol. The van der Waals surface area contributed by atoms with Gasteiger partial charge in [-0.25, -0.2) is 4.39 Å². The van der Waals surface area contributed by atoms with Crippen molar-refractivity contribution in [3.05, 3.63) is 71.6 Å². The molecular formula is C16H17ClFN2. The van der Waals surface area contributed by atoms with Crippen molar-refractivity contribution in [2.45, 2.75) is 19.0 Å². The molecule has 0 aliphatic carbocycles. The molecule has 105 valence electrons. The van der Waals surface area contributed by atoms with Crippen LogP contribution < -0.4 is 0 Å². The lowest BCUT2D eigenvalue weighted by Gasteiger charge is -2.24. The fraction of sp³-hybridized carbons (Fsp3) is 0.250. The lowest BCUT2D eigenvalue weighted by atomic mass is 10.1. The molecule has 2 rings (SSSR count). The Hall–Kier alpha value is -1.45. The summed E-state index contributed by atoms with van der Waals surface area (Å²) in [5.41, 5.74) is 1.76. The second kappa shape index (κ2) is 6.82. The summed E-state index contributed by atoms with van der Waals surface area (Å²) < 4.78 is 13.4. The van der Waals surface area contributed by atoms with Gasteiger partial charge in [0.15, 0.2) is 0 Å². The summed E-state index contributed by atoms with van der Waals surface area (Å²) in [5, 5.41) is 0.185. The first kappa shape index (κ1) is 14.9. The van der Waals surface area contributed by atoms with Crippen molar-refractivity contribution in [2.75, 3.05) is 7.05 Å². The Balaban J connectivity index is 2.01. The van der Waals surface area contributed by atoms with Gasteiger partial charge < -0.3 is 0 Å². The summed E-state index contributed by atoms with van der Waals surface area (Å²) in [6.45, 7) is 4.68. The van der Waals surface area contributed by atoms with E-state index >= 15 is 0 Å². The van der Waals surface area contributed by atoms with Crippen LogP contribution in [0.2, 0.25) is 5.02 Å². The second-order valence-corrected chi connectivity index (χ2v) is 5.19. The normalized spacial score (nSPS) is 12.7. The molecule has 20 heavy (non-hydrogen) atoms. The predicted molar refractivity (Wildman–Crippen MR) is 80.0 cm³/mol. The molecule has 1 atom stereocenters. The summed E-state index contributed by atoms with van der Waals surface area (Å²) >= 11 is 5.97. The standard InChI is InChI=1S/C16H17ClFN2/c1-12(10-14-7-3-4-9-19-14)20(2)11-13-6-5-8-15(18)16(13)17/h3-9,12H,1,10-11H2,2H3. The molecule has 0 N–H and O–H groups in total. The molecule has 0 saturated carbocycles. The van der Waals surface area contributed by atoms with Crippen LogP contribution >= 0.6 is 11.6 Å². The molecule has 2 aromatic rings. The zero-order valence-electron chi connectivity index (χ0n) is 11.4. The molecule has 4 heteroatoms. The van der Waals surface area contributed by atoms with Gasteiger partial charge in [-0.15, -0.1) is 0 Å². The van der Waals surface area contributed by atoms with E-state index in [0.717, 1.165) is 17.7 Å². The van der Waals surface area contributed by atoms with Crippen LogP contribution in [0.15, 0.2) is 42.6 Å². The topological polar surface area (TPSA) is 16.1 Å². The van der Waals surface area contributed by atoms with E-state index in [1.165, 1.54) is 6.07 Å². The summed E-state index contributed by atoms with van der Waals surface area (Å²) in [6, 6.07) is 10.7. The highest BCUT2D eigenvalue weighted by molar-refractivity contribution is 6.31. The van der Waals surface area contributed by atoms with Gasteiger partial charge in [0, 0.05) is 30.9 Å². The molecule has 1 aromatic heterocycles. The van der Waals surface area contributed by atoms with Gasteiger partial charge in [0.25, 0.3) is 0 Å². The van der Waals surface area contributed by atoms with E-state index in [9.17, 15) is 4.39 Å². The fourth-order valence-electron chi connectivity index (χ4n) is 1.98. The van der Waals surface area contributed by atoms with Gasteiger partial charge in [-0.1, -0.05) is 29.8 Å². The quantitative estimate of drug-likeness (QED) is 0.834. The van der Waals surface area contributed by atoms with E-state index in [1.807, 2.05) is 36.2 Å². The number of likely N-dealkylation sites (N-methyl/N-ethyl adjacent to an activating group) is 1. The van der Waals surface area contributed by atoms with E-state index < -0.39 is 0 Å². The molecule has 0 amide bonds. The van der Waals surface area contributed by atoms with E-state index in [4.69, 9.17) is 11.6 Å². The molecule has 1 unspecified atom stereocenters. The number of aromatic nitrogens is 1. The second-order valence-electron chi connectivity index (χ2n) is 4.81. The van der Waals surface area contributed by atoms with E-state index in [-0.39, 0.29) is 16.9 Å². The van der Waals surface area contributed by atoms with Crippen LogP contribution in [0.4, 0.5) is 4.39 Å². The highest BCUT2D eigenvalue weighted by Crippen LogP contribution is 2.21. The summed E-state index contributed by atoms with van der Waals surface area (Å²) in [6.07, 6.45) is 2.51. The summed E-state index contributed by atoms with van der Waals surface area (Å²) in [7, 11) is 1.95. The maximum Gasteiger partial charge on any atom is 0.142 e. The summed E-state index contributed by atoms with van der Waals surface area (Å²) in [5.74, 6) is -0.386. The van der Waals surface area contributed by atoms with Gasteiger partial charge in [-0.05, 0) is 37.7 Å². The first-order valence-corrected chi connectivity index (χ1v) is 6.82. The third kappa shape index (κ3) is 3.78. The first-order valence-electron chi connectivity index (χ1n) is 6.44. The minimum Gasteiger partial charge on any atom is -0.299 e. The fourth-order valence-corrected chi connectivity index (χ4v) is 2.17. The van der Waals surface area contributed by atoms with Crippen molar-refractivity contribution in [3.8, 4) is 0 Å². The summed E-state index contributed by atoms with van der Waals surface area (Å²) in [4.78, 5) is 6.32. The molecule has 1 radical (unpaired) electrons. The van der Waals surface area contributed by atoms with Gasteiger partial charge in [0.2, 0.25) is 0 Å². The Labute approximate surface area is 124 Å². The average molecular weight is 292 g/mol. The van der Waals surface area contributed by atoms with Crippen LogP contribution in [-0.2, 0) is 13.0 Å². The van der Waals surface area contributed by atoms with Crippen molar-refractivity contribution in [1.82, 2.24) is 9.88 Å². The Morgan fingerprint density at radius 2 is 2.10 bits per heavy atom. The molecule has 0 aliphatic rings. The van der Waals surface area contributed by atoms with Crippen LogP contribution in [0, 0.1) is 12.7 Å². The molecule has 2 nitrogen and oxygen atoms in total. The van der Waals surface area contributed by atoms with Gasteiger partial charge in [-0.3, -0.25) is 9.88 Å². The van der Waals surface area contributed by atoms with Crippen LogP contribution in [-0.4, -0.2) is 23.0 Å². The number of benzene rings is 1. The Morgan fingerprint density at radius 3 is 2.80 bits per heavy atom. The van der Waals surface area contributed by atoms with E-state index in [0.29, 0.717) is 6.54 Å². The predicted octanol–water partition coefficient (Wildman–Crippen LogP) is 3.75. The lowest BCUT2D eigenvalue weighted by molar-refractivity contribution is 0.268. The molecular weight excluding hydrogens is 275 g/mol. The average Bonchev–Trinajstić information content (AvgIpc) is 2.45. The Morgan fingerprint density at radius 1 is 1.30 bits per heavy atom. The number of halogens is 2. The number of nitrogens with zero attached hydrogens (tertiary/aromatic N) is 2. The van der Waals surface area contributed by atoms with Crippen LogP contribution in [0.25, 0.3) is 0 Å². The van der Waals surface area contributed by atoms with E-state index in [2.05, 4.69) is 11.9 Å². The van der Waals surface area contributed by atoms with Crippen LogP contribution in [0.5, 0.6) is 0 Å². The maximum absolute atomic E-state index is 13.4. The smallest absolute Gasteiger partial charge is 0.142 e. The van der Waals surface area contributed by atoms with E-state index in [1.54, 1.807) is 12.3 Å². The van der Waals surface area contributed by atoms with Gasteiger partial charge in [-0.2, -0.15) is 0 Å². The first-order chi connectivity index (χ1) is 9.58. The maximum atomic E-state index is 13.4. The molecule has 0 saturated heterocycles. The molecule has 0 spiro atoms. The highest BCUT2D eigenvalue weighted by atomic mass is 35.5. The number of rotatable bonds is 5. The van der Waals surface area contributed by atoms with Crippen LogP contribution in [0.1, 0.15) is 11.3 Å². The SMILES string of the molecule is [CH2]C(Cc1ccccn1)N(C)Cc1cccc(F)c1Cl. The number of hydrogen-bond donors (Lipinski definition) is 0. The number of pyridine rings is 1. The third-order valence-corrected chi connectivity index (χ3v) is 3.67. The van der Waals surface area contributed by atoms with Gasteiger partial charge in [0.05, 0.1) is 5.02 Å². The Kier molecular flexibility index (Phi) is 5.10. The van der Waals surface area contributed by atoms with Crippen molar-refractivity contribution in [2.24, 2.45) is 0 Å². The van der Waals surface area contributed by atoms with Crippen molar-refractivity contribution < 1.29 is 4.39 Å². The van der Waals surface area contributed by atoms with Gasteiger partial charge >= 0.3 is 0 Å². The van der Waals surface area contributed by atoms with Crippen molar-refractivity contribution in [3.63, 3.8) is 0 Å². The third-order valence-electron chi connectivity index (χ3n) is 3.25. The van der Waals surface area contributed by atoms with Crippen molar-refractivity contribution in [1.29, 1.82) is 0 Å². The van der Waals surface area contributed by atoms with Crippen LogP contribution in [0.3, 0.4) is 0 Å². The molecule has 0 fully saturated rings. The molecule has 0 aliphatic heterocycles. The molecule has 0 bridgehead atoms. The zero-order valence-corrected chi connectivity index (χ0v) is 12.1. The zero-order chi connectivity index (χ0) is 14.5. The highest BCUT2D eigenvalue weighted by Gasteiger charge is 2.14. The molecule has 1 heterocycles. The minimum atomic E-state index is -0.386. The van der Waals surface area contributed by atoms with Gasteiger partial charge in [0.1, 0.15) is 5.82 Å².